The van der Waals surface area contributed by atoms with Crippen LogP contribution >= 0.6 is 12.4 Å². The molecule has 1 saturated heterocycles. The third-order valence-corrected chi connectivity index (χ3v) is 4.55. The molecule has 1 N–H and O–H groups in total. The Morgan fingerprint density at radius 3 is 2.22 bits per heavy atom. The highest BCUT2D eigenvalue weighted by Crippen LogP contribution is 2.17. The first kappa shape index (κ1) is 22.2. The van der Waals surface area contributed by atoms with E-state index in [9.17, 15) is 9.59 Å². The summed E-state index contributed by atoms with van der Waals surface area (Å²) in [5.74, 6) is 1.09. The quantitative estimate of drug-likeness (QED) is 0.696. The number of carbonyl (C=O) groups is 2. The molecule has 0 aromatic rings. The highest BCUT2D eigenvalue weighted by Gasteiger charge is 2.22. The predicted molar refractivity (Wildman–Crippen MR) is 96.9 cm³/mol. The van der Waals surface area contributed by atoms with Crippen LogP contribution in [0.15, 0.2) is 0 Å². The monoisotopic (exact) mass is 347 g/mol. The van der Waals surface area contributed by atoms with E-state index in [4.69, 9.17) is 0 Å². The second-order valence-corrected chi connectivity index (χ2v) is 6.05. The van der Waals surface area contributed by atoms with Gasteiger partial charge in [-0.25, -0.2) is 0 Å². The first-order valence-corrected chi connectivity index (χ1v) is 8.88. The van der Waals surface area contributed by atoms with Gasteiger partial charge in [0.25, 0.3) is 0 Å². The van der Waals surface area contributed by atoms with Gasteiger partial charge < -0.3 is 15.1 Å². The minimum Gasteiger partial charge on any atom is -0.343 e. The average Bonchev–Trinajstić information content (AvgIpc) is 2.54. The maximum Gasteiger partial charge on any atom is 0.222 e. The Morgan fingerprint density at radius 2 is 1.70 bits per heavy atom. The lowest BCUT2D eigenvalue weighted by atomic mass is 9.96. The van der Waals surface area contributed by atoms with E-state index >= 15 is 0 Å². The van der Waals surface area contributed by atoms with Crippen molar-refractivity contribution in [3.63, 3.8) is 0 Å². The zero-order chi connectivity index (χ0) is 16.4. The molecular weight excluding hydrogens is 314 g/mol. The van der Waals surface area contributed by atoms with Crippen molar-refractivity contribution in [2.75, 3.05) is 39.3 Å². The highest BCUT2D eigenvalue weighted by molar-refractivity contribution is 5.85. The van der Waals surface area contributed by atoms with Gasteiger partial charge in [0.1, 0.15) is 0 Å². The van der Waals surface area contributed by atoms with Crippen molar-refractivity contribution in [1.82, 2.24) is 15.1 Å². The van der Waals surface area contributed by atoms with Gasteiger partial charge in [0.05, 0.1) is 0 Å². The zero-order valence-electron chi connectivity index (χ0n) is 15.0. The van der Waals surface area contributed by atoms with E-state index in [-0.39, 0.29) is 24.2 Å². The molecule has 1 rings (SSSR count). The van der Waals surface area contributed by atoms with Crippen LogP contribution in [0.1, 0.15) is 52.9 Å². The van der Waals surface area contributed by atoms with E-state index in [0.717, 1.165) is 52.1 Å². The fraction of sp³-hybridized carbons (Fsp3) is 0.882. The summed E-state index contributed by atoms with van der Waals surface area (Å²) in [5.41, 5.74) is 0. The van der Waals surface area contributed by atoms with Crippen molar-refractivity contribution in [3.8, 4) is 0 Å². The number of halogens is 1. The fourth-order valence-electron chi connectivity index (χ4n) is 3.02. The Labute approximate surface area is 147 Å². The van der Waals surface area contributed by atoms with Crippen LogP contribution < -0.4 is 5.32 Å². The lowest BCUT2D eigenvalue weighted by Crippen LogP contribution is -2.40. The van der Waals surface area contributed by atoms with Crippen LogP contribution in [-0.2, 0) is 9.59 Å². The first-order valence-electron chi connectivity index (χ1n) is 8.88. The second kappa shape index (κ2) is 12.6. The van der Waals surface area contributed by atoms with E-state index in [1.165, 1.54) is 0 Å². The van der Waals surface area contributed by atoms with Gasteiger partial charge >= 0.3 is 0 Å². The molecule has 0 atom stereocenters. The number of amides is 2. The van der Waals surface area contributed by atoms with Gasteiger partial charge in [-0.1, -0.05) is 6.92 Å². The molecule has 2 amide bonds. The smallest absolute Gasteiger partial charge is 0.222 e. The standard InChI is InChI=1S/C17H33N3O2.ClH/c1-4-18-14-15-10-12-20(13-11-15)17(22)9-7-8-16(21)19(5-2)6-3;/h15,18H,4-14H2,1-3H3;1H. The molecule has 0 aromatic carbocycles. The van der Waals surface area contributed by atoms with Gasteiger partial charge in [-0.2, -0.15) is 0 Å². The SMILES string of the molecule is CCNCC1CCN(C(=O)CCCC(=O)N(CC)CC)CC1.Cl. The summed E-state index contributed by atoms with van der Waals surface area (Å²) in [4.78, 5) is 27.9. The van der Waals surface area contributed by atoms with Crippen LogP contribution in [0.4, 0.5) is 0 Å². The molecule has 1 aliphatic rings. The van der Waals surface area contributed by atoms with Crippen LogP contribution in [0, 0.1) is 5.92 Å². The first-order chi connectivity index (χ1) is 10.6. The molecule has 1 aliphatic heterocycles. The third-order valence-electron chi connectivity index (χ3n) is 4.55. The second-order valence-electron chi connectivity index (χ2n) is 6.05. The van der Waals surface area contributed by atoms with Crippen LogP contribution in [0.5, 0.6) is 0 Å². The Bertz CT molecular complexity index is 341. The molecule has 1 fully saturated rings. The molecule has 1 heterocycles. The molecule has 23 heavy (non-hydrogen) atoms. The van der Waals surface area contributed by atoms with Crippen molar-refractivity contribution >= 4 is 24.2 Å². The van der Waals surface area contributed by atoms with Crippen molar-refractivity contribution in [2.45, 2.75) is 52.9 Å². The van der Waals surface area contributed by atoms with Crippen molar-refractivity contribution < 1.29 is 9.59 Å². The molecule has 0 radical (unpaired) electrons. The largest absolute Gasteiger partial charge is 0.343 e. The van der Waals surface area contributed by atoms with Gasteiger partial charge in [0.2, 0.25) is 11.8 Å². The highest BCUT2D eigenvalue weighted by atomic mass is 35.5. The lowest BCUT2D eigenvalue weighted by Gasteiger charge is -2.32. The molecule has 0 saturated carbocycles. The van der Waals surface area contributed by atoms with Crippen LogP contribution in [0.25, 0.3) is 0 Å². The third kappa shape index (κ3) is 8.02. The molecule has 0 bridgehead atoms. The minimum absolute atomic E-state index is 0. The number of likely N-dealkylation sites (tertiary alicyclic amines) is 1. The van der Waals surface area contributed by atoms with Crippen LogP contribution in [-0.4, -0.2) is 60.9 Å². The normalized spacial score (nSPS) is 15.2. The predicted octanol–water partition coefficient (Wildman–Crippen LogP) is 2.30. The summed E-state index contributed by atoms with van der Waals surface area (Å²) >= 11 is 0. The van der Waals surface area contributed by atoms with E-state index in [0.29, 0.717) is 25.2 Å². The Balaban J connectivity index is 0.00000484. The summed E-state index contributed by atoms with van der Waals surface area (Å²) in [7, 11) is 0. The molecule has 0 aromatic heterocycles. The maximum absolute atomic E-state index is 12.2. The van der Waals surface area contributed by atoms with E-state index in [2.05, 4.69) is 12.2 Å². The van der Waals surface area contributed by atoms with E-state index in [1.807, 2.05) is 23.6 Å². The van der Waals surface area contributed by atoms with Gasteiger partial charge in [-0.3, -0.25) is 9.59 Å². The Morgan fingerprint density at radius 1 is 1.09 bits per heavy atom. The van der Waals surface area contributed by atoms with Gasteiger partial charge in [-0.15, -0.1) is 12.4 Å². The Hall–Kier alpha value is -0.810. The molecule has 6 heteroatoms. The minimum atomic E-state index is 0. The van der Waals surface area contributed by atoms with E-state index in [1.54, 1.807) is 0 Å². The number of carbonyl (C=O) groups excluding carboxylic acids is 2. The summed E-state index contributed by atoms with van der Waals surface area (Å²) in [6.07, 6.45) is 3.86. The lowest BCUT2D eigenvalue weighted by molar-refractivity contribution is -0.133. The number of piperidine rings is 1. The molecule has 5 nitrogen and oxygen atoms in total. The number of rotatable bonds is 9. The molecule has 0 aliphatic carbocycles. The average molecular weight is 348 g/mol. The topological polar surface area (TPSA) is 52.7 Å². The molecule has 0 unspecified atom stereocenters. The van der Waals surface area contributed by atoms with Crippen LogP contribution in [0.3, 0.4) is 0 Å². The van der Waals surface area contributed by atoms with Crippen molar-refractivity contribution in [3.05, 3.63) is 0 Å². The molecule has 136 valence electrons. The van der Waals surface area contributed by atoms with Crippen molar-refractivity contribution in [2.24, 2.45) is 5.92 Å². The number of hydrogen-bond donors (Lipinski definition) is 1. The van der Waals surface area contributed by atoms with Gasteiger partial charge in [-0.05, 0) is 52.1 Å². The Kier molecular flexibility index (Phi) is 12.1. The van der Waals surface area contributed by atoms with Crippen molar-refractivity contribution in [1.29, 1.82) is 0 Å². The number of nitrogens with zero attached hydrogens (tertiary/aromatic N) is 2. The fourth-order valence-corrected chi connectivity index (χ4v) is 3.02. The number of hydrogen-bond acceptors (Lipinski definition) is 3. The zero-order valence-corrected chi connectivity index (χ0v) is 15.8. The van der Waals surface area contributed by atoms with Gasteiger partial charge in [0.15, 0.2) is 0 Å². The summed E-state index contributed by atoms with van der Waals surface area (Å²) in [6, 6.07) is 0. The van der Waals surface area contributed by atoms with E-state index < -0.39 is 0 Å². The summed E-state index contributed by atoms with van der Waals surface area (Å²) in [5, 5.41) is 3.38. The molecule has 0 spiro atoms. The number of nitrogens with one attached hydrogen (secondary N) is 1. The summed E-state index contributed by atoms with van der Waals surface area (Å²) in [6.45, 7) is 11.4. The molecular formula is C17H34ClN3O2. The maximum atomic E-state index is 12.2. The van der Waals surface area contributed by atoms with Crippen LogP contribution in [0.2, 0.25) is 0 Å². The van der Waals surface area contributed by atoms with Gasteiger partial charge in [0, 0.05) is 39.0 Å². The summed E-state index contributed by atoms with van der Waals surface area (Å²) < 4.78 is 0.